The van der Waals surface area contributed by atoms with Gasteiger partial charge in [-0.2, -0.15) is 10.2 Å². The Labute approximate surface area is 134 Å². The van der Waals surface area contributed by atoms with E-state index in [0.29, 0.717) is 5.92 Å². The molecule has 6 nitrogen and oxygen atoms in total. The van der Waals surface area contributed by atoms with Gasteiger partial charge in [0.1, 0.15) is 11.7 Å². The maximum atomic E-state index is 5.81. The molecule has 0 amide bonds. The highest BCUT2D eigenvalue weighted by atomic mass is 16.5. The Bertz CT molecular complexity index is 813. The highest BCUT2D eigenvalue weighted by Crippen LogP contribution is 2.33. The minimum atomic E-state index is 0.0542. The van der Waals surface area contributed by atoms with E-state index in [1.807, 2.05) is 17.1 Å². The number of hydrogen-bond acceptors (Lipinski definition) is 4. The van der Waals surface area contributed by atoms with Gasteiger partial charge in [0.05, 0.1) is 12.4 Å². The van der Waals surface area contributed by atoms with Gasteiger partial charge in [0.25, 0.3) is 0 Å². The molecule has 120 valence electrons. The predicted molar refractivity (Wildman–Crippen MR) is 88.0 cm³/mol. The fourth-order valence-corrected chi connectivity index (χ4v) is 3.20. The molecule has 1 aliphatic rings. The van der Waals surface area contributed by atoms with Gasteiger partial charge in [-0.15, -0.1) is 0 Å². The molecule has 0 radical (unpaired) electrons. The number of nitrogens with one attached hydrogen (secondary N) is 1. The minimum Gasteiger partial charge on any atom is -0.357 e. The summed E-state index contributed by atoms with van der Waals surface area (Å²) in [4.78, 5) is 4.33. The lowest BCUT2D eigenvalue weighted by molar-refractivity contribution is -0.0394. The zero-order chi connectivity index (χ0) is 15.8. The van der Waals surface area contributed by atoms with Crippen molar-refractivity contribution in [2.24, 2.45) is 0 Å². The van der Waals surface area contributed by atoms with Crippen LogP contribution in [-0.2, 0) is 4.74 Å². The lowest BCUT2D eigenvalue weighted by Gasteiger charge is -2.22. The summed E-state index contributed by atoms with van der Waals surface area (Å²) in [7, 11) is 0. The van der Waals surface area contributed by atoms with Crippen LogP contribution in [0.2, 0.25) is 0 Å². The number of pyridine rings is 1. The topological polar surface area (TPSA) is 68.6 Å². The lowest BCUT2D eigenvalue weighted by Crippen LogP contribution is -2.18. The second kappa shape index (κ2) is 5.77. The summed E-state index contributed by atoms with van der Waals surface area (Å²) in [6.45, 7) is 5.14. The van der Waals surface area contributed by atoms with E-state index in [4.69, 9.17) is 4.74 Å². The van der Waals surface area contributed by atoms with Crippen molar-refractivity contribution in [3.05, 3.63) is 30.5 Å². The Kier molecular flexibility index (Phi) is 3.61. The van der Waals surface area contributed by atoms with Gasteiger partial charge in [0.2, 0.25) is 0 Å². The van der Waals surface area contributed by atoms with Crippen molar-refractivity contribution in [2.45, 2.75) is 45.3 Å². The van der Waals surface area contributed by atoms with Gasteiger partial charge in [0.15, 0.2) is 0 Å². The van der Waals surface area contributed by atoms with E-state index in [2.05, 4.69) is 40.3 Å². The molecule has 0 spiro atoms. The Morgan fingerprint density at radius 1 is 1.26 bits per heavy atom. The van der Waals surface area contributed by atoms with Crippen LogP contribution in [0.25, 0.3) is 22.0 Å². The second-order valence-corrected chi connectivity index (χ2v) is 6.40. The first-order valence-electron chi connectivity index (χ1n) is 8.22. The van der Waals surface area contributed by atoms with Crippen molar-refractivity contribution in [1.29, 1.82) is 0 Å². The molecule has 6 heteroatoms. The van der Waals surface area contributed by atoms with Crippen molar-refractivity contribution in [1.82, 2.24) is 25.0 Å². The average Bonchev–Trinajstić information content (AvgIpc) is 3.22. The molecule has 0 aliphatic carbocycles. The molecule has 1 aliphatic heterocycles. The minimum absolute atomic E-state index is 0.0542. The van der Waals surface area contributed by atoms with E-state index in [9.17, 15) is 0 Å². The summed E-state index contributed by atoms with van der Waals surface area (Å²) in [5, 5.41) is 13.2. The van der Waals surface area contributed by atoms with E-state index in [1.165, 1.54) is 6.42 Å². The maximum absolute atomic E-state index is 5.81. The zero-order valence-electron chi connectivity index (χ0n) is 13.5. The number of hydrogen-bond donors (Lipinski definition) is 1. The normalized spacial score (nSPS) is 18.8. The van der Waals surface area contributed by atoms with Crippen molar-refractivity contribution in [2.75, 3.05) is 6.61 Å². The van der Waals surface area contributed by atoms with Crippen LogP contribution in [0.4, 0.5) is 0 Å². The third-order valence-corrected chi connectivity index (χ3v) is 4.43. The highest BCUT2D eigenvalue weighted by Gasteiger charge is 2.19. The molecule has 0 bridgehead atoms. The van der Waals surface area contributed by atoms with Crippen LogP contribution in [0.3, 0.4) is 0 Å². The molecule has 3 aromatic rings. The quantitative estimate of drug-likeness (QED) is 0.801. The van der Waals surface area contributed by atoms with Gasteiger partial charge in [-0.25, -0.2) is 4.68 Å². The molecule has 1 saturated heterocycles. The Morgan fingerprint density at radius 2 is 2.17 bits per heavy atom. The Morgan fingerprint density at radius 3 is 2.96 bits per heavy atom. The number of fused-ring (bicyclic) bond motifs is 1. The van der Waals surface area contributed by atoms with E-state index in [0.717, 1.165) is 47.2 Å². The number of aromatic amines is 1. The summed E-state index contributed by atoms with van der Waals surface area (Å²) in [6.07, 6.45) is 11.1. The number of aromatic nitrogens is 5. The summed E-state index contributed by atoms with van der Waals surface area (Å²) < 4.78 is 7.75. The number of rotatable bonds is 3. The molecule has 0 aromatic carbocycles. The van der Waals surface area contributed by atoms with E-state index in [1.54, 1.807) is 6.20 Å². The first-order chi connectivity index (χ1) is 11.2. The molecule has 1 fully saturated rings. The molecule has 23 heavy (non-hydrogen) atoms. The molecular formula is C17H21N5O. The Balaban J connectivity index is 1.77. The van der Waals surface area contributed by atoms with E-state index >= 15 is 0 Å². The molecule has 0 saturated carbocycles. The second-order valence-electron chi connectivity index (χ2n) is 6.40. The third kappa shape index (κ3) is 2.53. The van der Waals surface area contributed by atoms with Crippen molar-refractivity contribution >= 4 is 10.9 Å². The van der Waals surface area contributed by atoms with Crippen LogP contribution in [0.15, 0.2) is 24.8 Å². The van der Waals surface area contributed by atoms with Crippen molar-refractivity contribution in [3.8, 4) is 11.1 Å². The standard InChI is InChI=1S/C17H21N5O/c1-11(2)17-16-13(8-18-9-14(16)20-21-17)12-7-19-22(10-12)15-5-3-4-6-23-15/h7-11,15H,3-6H2,1-2H3,(H,20,21). The largest absolute Gasteiger partial charge is 0.357 e. The van der Waals surface area contributed by atoms with Gasteiger partial charge >= 0.3 is 0 Å². The average molecular weight is 311 g/mol. The van der Waals surface area contributed by atoms with Crippen LogP contribution >= 0.6 is 0 Å². The van der Waals surface area contributed by atoms with Crippen LogP contribution in [0.1, 0.15) is 50.9 Å². The number of H-pyrrole nitrogens is 1. The molecular weight excluding hydrogens is 290 g/mol. The van der Waals surface area contributed by atoms with Gasteiger partial charge < -0.3 is 4.74 Å². The van der Waals surface area contributed by atoms with E-state index < -0.39 is 0 Å². The molecule has 3 aromatic heterocycles. The fourth-order valence-electron chi connectivity index (χ4n) is 3.20. The van der Waals surface area contributed by atoms with Crippen LogP contribution in [0, 0.1) is 0 Å². The highest BCUT2D eigenvalue weighted by molar-refractivity contribution is 5.95. The summed E-state index contributed by atoms with van der Waals surface area (Å²) in [5.41, 5.74) is 4.16. The number of ether oxygens (including phenoxy) is 1. The third-order valence-electron chi connectivity index (χ3n) is 4.43. The van der Waals surface area contributed by atoms with Gasteiger partial charge in [-0.05, 0) is 25.2 Å². The van der Waals surface area contributed by atoms with Gasteiger partial charge in [-0.3, -0.25) is 10.1 Å². The van der Waals surface area contributed by atoms with Gasteiger partial charge in [-0.1, -0.05) is 13.8 Å². The monoisotopic (exact) mass is 311 g/mol. The van der Waals surface area contributed by atoms with Crippen LogP contribution in [0.5, 0.6) is 0 Å². The lowest BCUT2D eigenvalue weighted by atomic mass is 10.0. The predicted octanol–water partition coefficient (Wildman–Crippen LogP) is 3.64. The Hall–Kier alpha value is -2.21. The smallest absolute Gasteiger partial charge is 0.150 e. The van der Waals surface area contributed by atoms with Gasteiger partial charge in [0, 0.05) is 41.2 Å². The molecule has 4 rings (SSSR count). The number of nitrogens with zero attached hydrogens (tertiary/aromatic N) is 4. The first kappa shape index (κ1) is 14.4. The summed E-state index contributed by atoms with van der Waals surface area (Å²) >= 11 is 0. The SMILES string of the molecule is CC(C)c1[nH]nc2cncc(-c3cnn(C4CCCCO4)c3)c12. The first-order valence-corrected chi connectivity index (χ1v) is 8.22. The van der Waals surface area contributed by atoms with Crippen LogP contribution in [-0.4, -0.2) is 31.6 Å². The summed E-state index contributed by atoms with van der Waals surface area (Å²) in [6, 6.07) is 0. The molecule has 1 atom stereocenters. The molecule has 1 unspecified atom stereocenters. The maximum Gasteiger partial charge on any atom is 0.150 e. The molecule has 4 heterocycles. The van der Waals surface area contributed by atoms with Crippen LogP contribution < -0.4 is 0 Å². The molecule has 1 N–H and O–H groups in total. The fraction of sp³-hybridized carbons (Fsp3) is 0.471. The van der Waals surface area contributed by atoms with Crippen molar-refractivity contribution in [3.63, 3.8) is 0 Å². The zero-order valence-corrected chi connectivity index (χ0v) is 13.5. The van der Waals surface area contributed by atoms with E-state index in [-0.39, 0.29) is 6.23 Å². The van der Waals surface area contributed by atoms with Crippen molar-refractivity contribution < 1.29 is 4.74 Å². The summed E-state index contributed by atoms with van der Waals surface area (Å²) in [5.74, 6) is 0.373.